The minimum Gasteiger partial charge on any atom is -0.494 e. The van der Waals surface area contributed by atoms with E-state index in [1.54, 1.807) is 36.4 Å². The van der Waals surface area contributed by atoms with Crippen LogP contribution in [0.4, 0.5) is 17.6 Å². The zero-order chi connectivity index (χ0) is 30.9. The second-order valence-electron chi connectivity index (χ2n) is 10.8. The summed E-state index contributed by atoms with van der Waals surface area (Å²) in [6, 6.07) is 31.4. The molecule has 4 aromatic carbocycles. The molecule has 0 aliphatic carbocycles. The van der Waals surface area contributed by atoms with E-state index in [1.165, 1.54) is 12.1 Å². The van der Waals surface area contributed by atoms with Gasteiger partial charge < -0.3 is 14.8 Å². The monoisotopic (exact) mass is 593 g/mol. The average Bonchev–Trinajstić information content (AvgIpc) is 2.94. The van der Waals surface area contributed by atoms with Crippen LogP contribution in [0.1, 0.15) is 48.9 Å². The number of nitrogens with one attached hydrogen (secondary N) is 1. The number of benzene rings is 4. The fraction of sp³-hybridized carbons (Fsp3) is 0.286. The van der Waals surface area contributed by atoms with Crippen LogP contribution in [0.25, 0.3) is 0 Å². The second-order valence-corrected chi connectivity index (χ2v) is 10.8. The van der Waals surface area contributed by atoms with Gasteiger partial charge in [0, 0.05) is 26.2 Å². The number of para-hydroxylation sites is 1. The number of ether oxygens (including phenoxy) is 2. The lowest BCUT2D eigenvalue weighted by Gasteiger charge is -2.37. The zero-order valence-corrected chi connectivity index (χ0v) is 24.2. The molecule has 43 heavy (non-hydrogen) atoms. The Labute approximate surface area is 249 Å². The quantitative estimate of drug-likeness (QED) is 0.118. The highest BCUT2D eigenvalue weighted by molar-refractivity contribution is 5.78. The Morgan fingerprint density at radius 3 is 1.93 bits per heavy atom. The molecule has 0 saturated heterocycles. The lowest BCUT2D eigenvalue weighted by atomic mass is 9.77. The fourth-order valence-electron chi connectivity index (χ4n) is 5.04. The first kappa shape index (κ1) is 31.6. The number of halogens is 4. The number of rotatable bonds is 14. The predicted molar refractivity (Wildman–Crippen MR) is 159 cm³/mol. The molecule has 1 N–H and O–H groups in total. The van der Waals surface area contributed by atoms with Gasteiger partial charge >= 0.3 is 6.11 Å². The van der Waals surface area contributed by atoms with Crippen LogP contribution in [0.5, 0.6) is 11.5 Å². The lowest BCUT2D eigenvalue weighted by molar-refractivity contribution is -0.159. The highest BCUT2D eigenvalue weighted by Crippen LogP contribution is 2.37. The van der Waals surface area contributed by atoms with Gasteiger partial charge in [0.15, 0.2) is 0 Å². The normalized spacial score (nSPS) is 13.2. The van der Waals surface area contributed by atoms with Crippen LogP contribution in [0.15, 0.2) is 109 Å². The Hall–Kier alpha value is -4.33. The maximum Gasteiger partial charge on any atom is 0.394 e. The molecule has 1 atom stereocenters. The summed E-state index contributed by atoms with van der Waals surface area (Å²) in [6.07, 6.45) is -3.19. The van der Waals surface area contributed by atoms with Crippen LogP contribution in [-0.2, 0) is 23.2 Å². The van der Waals surface area contributed by atoms with Crippen LogP contribution in [-0.4, -0.2) is 24.5 Å². The molecule has 0 aliphatic heterocycles. The van der Waals surface area contributed by atoms with E-state index >= 15 is 0 Å². The van der Waals surface area contributed by atoms with Crippen LogP contribution in [0.2, 0.25) is 0 Å². The summed E-state index contributed by atoms with van der Waals surface area (Å²) in [7, 11) is 0. The van der Waals surface area contributed by atoms with Gasteiger partial charge in [-0.05, 0) is 59.9 Å². The summed E-state index contributed by atoms with van der Waals surface area (Å²) in [5, 5.41) is 3.17. The molecule has 0 aromatic heterocycles. The van der Waals surface area contributed by atoms with Gasteiger partial charge in [0.2, 0.25) is 11.8 Å². The molecule has 0 radical (unpaired) electrons. The summed E-state index contributed by atoms with van der Waals surface area (Å²) < 4.78 is 66.4. The molecule has 226 valence electrons. The Bertz CT molecular complexity index is 1410. The third kappa shape index (κ3) is 9.60. The number of alkyl halides is 4. The smallest absolute Gasteiger partial charge is 0.394 e. The van der Waals surface area contributed by atoms with Crippen molar-refractivity contribution in [2.24, 2.45) is 0 Å². The first-order valence-corrected chi connectivity index (χ1v) is 14.1. The first-order chi connectivity index (χ1) is 20.4. The third-order valence-corrected chi connectivity index (χ3v) is 6.78. The van der Waals surface area contributed by atoms with Crippen molar-refractivity contribution in [1.82, 2.24) is 5.32 Å². The van der Waals surface area contributed by atoms with E-state index in [0.29, 0.717) is 42.4 Å². The summed E-state index contributed by atoms with van der Waals surface area (Å²) >= 11 is 0. The molecule has 1 unspecified atom stereocenters. The van der Waals surface area contributed by atoms with E-state index in [-0.39, 0.29) is 24.5 Å². The standard InChI is InChI=1S/C35H35F4NO3/c1-33(36,37)24-27-14-9-15-28(22-27)35(25-26-12-5-3-6-13-26,29-16-10-19-31(23-29)43-34(2,38)39)40-32(41)20-11-21-42-30-17-7-4-8-18-30/h3-10,12-19,22-23H,11,20-21,24-25H2,1-2H3,(H,40,41). The van der Waals surface area contributed by atoms with Crippen LogP contribution in [0, 0.1) is 0 Å². The van der Waals surface area contributed by atoms with E-state index in [2.05, 4.69) is 5.32 Å². The molecule has 0 spiro atoms. The summed E-state index contributed by atoms with van der Waals surface area (Å²) in [5.74, 6) is -2.67. The van der Waals surface area contributed by atoms with Crippen LogP contribution >= 0.6 is 0 Å². The molecule has 0 fully saturated rings. The number of carbonyl (C=O) groups excluding carboxylic acids is 1. The molecule has 4 aromatic rings. The molecule has 0 bridgehead atoms. The van der Waals surface area contributed by atoms with Gasteiger partial charge in [0.25, 0.3) is 0 Å². The first-order valence-electron chi connectivity index (χ1n) is 14.1. The van der Waals surface area contributed by atoms with Crippen molar-refractivity contribution in [1.29, 1.82) is 0 Å². The average molecular weight is 594 g/mol. The molecular weight excluding hydrogens is 558 g/mol. The molecule has 8 heteroatoms. The van der Waals surface area contributed by atoms with E-state index < -0.39 is 24.0 Å². The van der Waals surface area contributed by atoms with Gasteiger partial charge in [-0.25, -0.2) is 8.78 Å². The molecule has 0 saturated carbocycles. The SMILES string of the molecule is CC(F)(F)Cc1cccc(C(Cc2ccccc2)(NC(=O)CCCOc2ccccc2)c2cccc(OC(C)(F)F)c2)c1. The topological polar surface area (TPSA) is 47.6 Å². The predicted octanol–water partition coefficient (Wildman–Crippen LogP) is 8.34. The van der Waals surface area contributed by atoms with Crippen molar-refractivity contribution in [2.75, 3.05) is 6.61 Å². The minimum atomic E-state index is -3.44. The number of hydrogen-bond acceptors (Lipinski definition) is 3. The van der Waals surface area contributed by atoms with Crippen molar-refractivity contribution < 1.29 is 31.8 Å². The maximum absolute atomic E-state index is 14.1. The van der Waals surface area contributed by atoms with Gasteiger partial charge in [0.05, 0.1) is 12.1 Å². The summed E-state index contributed by atoms with van der Waals surface area (Å²) in [5.41, 5.74) is 0.911. The second kappa shape index (κ2) is 13.8. The lowest BCUT2D eigenvalue weighted by Crippen LogP contribution is -2.48. The van der Waals surface area contributed by atoms with E-state index in [9.17, 15) is 22.4 Å². The van der Waals surface area contributed by atoms with Crippen molar-refractivity contribution >= 4 is 5.91 Å². The van der Waals surface area contributed by atoms with Crippen molar-refractivity contribution in [2.45, 2.75) is 57.1 Å². The Morgan fingerprint density at radius 2 is 1.28 bits per heavy atom. The van der Waals surface area contributed by atoms with E-state index in [4.69, 9.17) is 9.47 Å². The van der Waals surface area contributed by atoms with Crippen LogP contribution in [0.3, 0.4) is 0 Å². The van der Waals surface area contributed by atoms with Gasteiger partial charge in [-0.15, -0.1) is 0 Å². The Balaban J connectivity index is 1.74. The van der Waals surface area contributed by atoms with Gasteiger partial charge in [-0.1, -0.05) is 84.9 Å². The Kier molecular flexibility index (Phi) is 10.1. The van der Waals surface area contributed by atoms with Crippen molar-refractivity contribution in [3.05, 3.63) is 131 Å². The van der Waals surface area contributed by atoms with Crippen molar-refractivity contribution in [3.8, 4) is 11.5 Å². The Morgan fingerprint density at radius 1 is 0.698 bits per heavy atom. The van der Waals surface area contributed by atoms with Gasteiger partial charge in [-0.3, -0.25) is 4.79 Å². The molecule has 0 aliphatic rings. The summed E-state index contributed by atoms with van der Waals surface area (Å²) in [4.78, 5) is 13.6. The van der Waals surface area contributed by atoms with Crippen molar-refractivity contribution in [3.63, 3.8) is 0 Å². The van der Waals surface area contributed by atoms with E-state index in [1.807, 2.05) is 60.7 Å². The number of hydrogen-bond donors (Lipinski definition) is 1. The largest absolute Gasteiger partial charge is 0.494 e. The molecular formula is C35H35F4NO3. The van der Waals surface area contributed by atoms with Crippen LogP contribution < -0.4 is 14.8 Å². The zero-order valence-electron chi connectivity index (χ0n) is 24.2. The highest BCUT2D eigenvalue weighted by Gasteiger charge is 2.38. The maximum atomic E-state index is 14.1. The van der Waals surface area contributed by atoms with E-state index in [0.717, 1.165) is 12.5 Å². The van der Waals surface area contributed by atoms with Gasteiger partial charge in [-0.2, -0.15) is 8.78 Å². The van der Waals surface area contributed by atoms with Gasteiger partial charge in [0.1, 0.15) is 11.5 Å². The molecule has 0 heterocycles. The molecule has 4 nitrogen and oxygen atoms in total. The fourth-order valence-corrected chi connectivity index (χ4v) is 5.04. The minimum absolute atomic E-state index is 0.0933. The third-order valence-electron chi connectivity index (χ3n) is 6.78. The highest BCUT2D eigenvalue weighted by atomic mass is 19.3. The number of carbonyl (C=O) groups is 1. The molecule has 1 amide bonds. The summed E-state index contributed by atoms with van der Waals surface area (Å²) in [6.45, 7) is 1.80. The molecule has 4 rings (SSSR count). The number of amides is 1.